The van der Waals surface area contributed by atoms with Crippen LogP contribution in [0.3, 0.4) is 0 Å². The molecular weight excluding hydrogens is 368 g/mol. The zero-order valence-electron chi connectivity index (χ0n) is 18.2. The molecule has 6 heteroatoms. The molecule has 2 aliphatic heterocycles. The molecule has 29 heavy (non-hydrogen) atoms. The molecule has 0 aliphatic carbocycles. The van der Waals surface area contributed by atoms with Crippen LogP contribution in [0, 0.1) is 13.8 Å². The van der Waals surface area contributed by atoms with Crippen LogP contribution < -0.4 is 11.1 Å². The predicted octanol–water partition coefficient (Wildman–Crippen LogP) is 3.17. The molecule has 6 nitrogen and oxygen atoms in total. The Kier molecular flexibility index (Phi) is 4.63. The van der Waals surface area contributed by atoms with Crippen molar-refractivity contribution < 1.29 is 9.47 Å². The summed E-state index contributed by atoms with van der Waals surface area (Å²) in [6.45, 7) is 13.8. The maximum Gasteiger partial charge on any atom is 0.317 e. The fourth-order valence-electron chi connectivity index (χ4n) is 4.67. The summed E-state index contributed by atoms with van der Waals surface area (Å²) in [6, 6.07) is 2.04. The molecule has 3 heterocycles. The van der Waals surface area contributed by atoms with Gasteiger partial charge in [-0.3, -0.25) is 14.2 Å². The number of aryl methyl sites for hydroxylation is 2. The highest BCUT2D eigenvalue weighted by molar-refractivity contribution is 5.83. The van der Waals surface area contributed by atoms with Gasteiger partial charge in [0, 0.05) is 13.1 Å². The van der Waals surface area contributed by atoms with E-state index >= 15 is 0 Å². The van der Waals surface area contributed by atoms with Gasteiger partial charge in [0.2, 0.25) is 0 Å². The van der Waals surface area contributed by atoms with E-state index in [4.69, 9.17) is 9.47 Å². The first kappa shape index (κ1) is 20.1. The highest BCUT2D eigenvalue weighted by Gasteiger charge is 2.33. The van der Waals surface area contributed by atoms with Crippen molar-refractivity contribution in [2.45, 2.75) is 78.4 Å². The molecule has 0 radical (unpaired) electrons. The summed E-state index contributed by atoms with van der Waals surface area (Å²) in [6.07, 6.45) is 4.50. The Morgan fingerprint density at radius 2 is 1.90 bits per heavy atom. The van der Waals surface area contributed by atoms with E-state index in [1.54, 1.807) is 9.13 Å². The van der Waals surface area contributed by atoms with Gasteiger partial charge in [-0.25, -0.2) is 0 Å². The molecule has 4 rings (SSSR count). The lowest BCUT2D eigenvalue weighted by Crippen LogP contribution is -2.45. The van der Waals surface area contributed by atoms with Crippen LogP contribution in [0.4, 0.5) is 0 Å². The van der Waals surface area contributed by atoms with Crippen molar-refractivity contribution in [2.24, 2.45) is 0 Å². The molecule has 1 atom stereocenters. The van der Waals surface area contributed by atoms with Crippen molar-refractivity contribution in [3.63, 3.8) is 0 Å². The lowest BCUT2D eigenvalue weighted by Gasteiger charge is -2.35. The minimum absolute atomic E-state index is 0.0422. The van der Waals surface area contributed by atoms with E-state index in [-0.39, 0.29) is 11.5 Å². The van der Waals surface area contributed by atoms with Crippen molar-refractivity contribution in [3.8, 4) is 0 Å². The first-order valence-corrected chi connectivity index (χ1v) is 10.3. The molecule has 0 spiro atoms. The summed E-state index contributed by atoms with van der Waals surface area (Å²) in [5.41, 5.74) is 4.31. The third kappa shape index (κ3) is 3.28. The normalized spacial score (nSPS) is 22.6. The lowest BCUT2D eigenvalue weighted by atomic mass is 9.75. The van der Waals surface area contributed by atoms with Gasteiger partial charge in [0.25, 0.3) is 0 Å². The monoisotopic (exact) mass is 398 g/mol. The number of hydrogen-bond donors (Lipinski definition) is 0. The standard InChI is InChI=1S/C23H30N2O4/c1-14-12-17-19-18(15(14)2)22(3,4)9-11-25(19)21(27)20(26)24(17)10-7-8-16-13-28-23(5,6)29-16/h7-8,12,16H,9-11,13H2,1-6H3/t16-/m0/s1. The maximum absolute atomic E-state index is 12.9. The first-order valence-electron chi connectivity index (χ1n) is 10.3. The summed E-state index contributed by atoms with van der Waals surface area (Å²) in [5, 5.41) is 0. The van der Waals surface area contributed by atoms with Crippen molar-refractivity contribution in [1.82, 2.24) is 9.13 Å². The number of aromatic nitrogens is 2. The van der Waals surface area contributed by atoms with E-state index in [2.05, 4.69) is 27.7 Å². The van der Waals surface area contributed by atoms with Gasteiger partial charge >= 0.3 is 11.1 Å². The quantitative estimate of drug-likeness (QED) is 0.589. The molecule has 0 saturated carbocycles. The molecular formula is C23H30N2O4. The topological polar surface area (TPSA) is 62.5 Å². The van der Waals surface area contributed by atoms with Gasteiger partial charge in [0.1, 0.15) is 6.10 Å². The summed E-state index contributed by atoms with van der Waals surface area (Å²) in [5.74, 6) is -0.592. The highest BCUT2D eigenvalue weighted by Crippen LogP contribution is 2.39. The maximum atomic E-state index is 12.9. The predicted molar refractivity (Wildman–Crippen MR) is 114 cm³/mol. The van der Waals surface area contributed by atoms with Gasteiger partial charge in [-0.05, 0) is 62.3 Å². The van der Waals surface area contributed by atoms with Crippen LogP contribution >= 0.6 is 0 Å². The van der Waals surface area contributed by atoms with Crippen molar-refractivity contribution in [2.75, 3.05) is 6.61 Å². The number of allylic oxidation sites excluding steroid dienone is 1. The van der Waals surface area contributed by atoms with Crippen LogP contribution in [0.2, 0.25) is 0 Å². The Morgan fingerprint density at radius 3 is 2.55 bits per heavy atom. The molecule has 1 fully saturated rings. The molecule has 0 N–H and O–H groups in total. The average molecular weight is 399 g/mol. The summed E-state index contributed by atoms with van der Waals surface area (Å²) >= 11 is 0. The Bertz CT molecular complexity index is 1130. The molecule has 0 unspecified atom stereocenters. The minimum Gasteiger partial charge on any atom is -0.347 e. The minimum atomic E-state index is -0.592. The molecule has 1 saturated heterocycles. The molecule has 0 bridgehead atoms. The molecule has 2 aromatic rings. The van der Waals surface area contributed by atoms with Gasteiger partial charge in [-0.2, -0.15) is 0 Å². The average Bonchev–Trinajstić information content (AvgIpc) is 2.98. The highest BCUT2D eigenvalue weighted by atomic mass is 16.7. The van der Waals surface area contributed by atoms with Crippen molar-refractivity contribution in [3.05, 3.63) is 55.6 Å². The number of hydrogen-bond acceptors (Lipinski definition) is 4. The van der Waals surface area contributed by atoms with Gasteiger partial charge in [0.05, 0.1) is 17.6 Å². The van der Waals surface area contributed by atoms with Gasteiger partial charge in [0.15, 0.2) is 5.79 Å². The summed E-state index contributed by atoms with van der Waals surface area (Å²) in [7, 11) is 0. The number of ether oxygens (including phenoxy) is 2. The Balaban J connectivity index is 1.85. The second-order valence-corrected chi connectivity index (χ2v) is 9.36. The third-order valence-corrected chi connectivity index (χ3v) is 6.34. The van der Waals surface area contributed by atoms with Gasteiger partial charge in [-0.15, -0.1) is 0 Å². The van der Waals surface area contributed by atoms with Crippen LogP contribution in [-0.2, 0) is 28.0 Å². The van der Waals surface area contributed by atoms with Crippen LogP contribution in [0.1, 0.15) is 50.8 Å². The molecule has 156 valence electrons. The second kappa shape index (κ2) is 6.67. The summed E-state index contributed by atoms with van der Waals surface area (Å²) < 4.78 is 14.7. The Hall–Kier alpha value is -2.18. The van der Waals surface area contributed by atoms with E-state index in [1.165, 1.54) is 11.1 Å². The Morgan fingerprint density at radius 1 is 1.17 bits per heavy atom. The molecule has 2 aliphatic rings. The number of rotatable bonds is 3. The Labute approximate surface area is 170 Å². The molecule has 1 aromatic carbocycles. The summed E-state index contributed by atoms with van der Waals surface area (Å²) in [4.78, 5) is 25.8. The fraction of sp³-hybridized carbons (Fsp3) is 0.565. The molecule has 1 aromatic heterocycles. The van der Waals surface area contributed by atoms with E-state index in [0.717, 1.165) is 23.0 Å². The molecule has 0 amide bonds. The van der Waals surface area contributed by atoms with Gasteiger partial charge < -0.3 is 14.0 Å². The second-order valence-electron chi connectivity index (χ2n) is 9.36. The van der Waals surface area contributed by atoms with Crippen molar-refractivity contribution >= 4 is 11.0 Å². The lowest BCUT2D eigenvalue weighted by molar-refractivity contribution is -0.133. The third-order valence-electron chi connectivity index (χ3n) is 6.34. The van der Waals surface area contributed by atoms with Crippen LogP contribution in [-0.4, -0.2) is 27.6 Å². The van der Waals surface area contributed by atoms with E-state index in [9.17, 15) is 9.59 Å². The van der Waals surface area contributed by atoms with Crippen LogP contribution in [0.5, 0.6) is 0 Å². The van der Waals surface area contributed by atoms with Crippen molar-refractivity contribution in [1.29, 1.82) is 0 Å². The number of benzene rings is 1. The van der Waals surface area contributed by atoms with Crippen LogP contribution in [0.25, 0.3) is 11.0 Å². The fourth-order valence-corrected chi connectivity index (χ4v) is 4.67. The van der Waals surface area contributed by atoms with E-state index in [0.29, 0.717) is 19.7 Å². The van der Waals surface area contributed by atoms with Gasteiger partial charge in [-0.1, -0.05) is 26.0 Å². The SMILES string of the molecule is Cc1cc2c3c(c1C)C(C)(C)CCn3c(=O)c(=O)n2CC=C[C@H]1COC(C)(C)O1. The first-order chi connectivity index (χ1) is 13.5. The van der Waals surface area contributed by atoms with E-state index in [1.807, 2.05) is 32.1 Å². The smallest absolute Gasteiger partial charge is 0.317 e. The number of nitrogens with zero attached hydrogens (tertiary/aromatic N) is 2. The largest absolute Gasteiger partial charge is 0.347 e. The zero-order valence-corrected chi connectivity index (χ0v) is 18.2. The van der Waals surface area contributed by atoms with Crippen LogP contribution in [0.15, 0.2) is 27.8 Å². The zero-order chi connectivity index (χ0) is 21.1. The van der Waals surface area contributed by atoms with E-state index < -0.39 is 16.9 Å².